The molecule has 2 atom stereocenters. The fourth-order valence-electron chi connectivity index (χ4n) is 10.2. The summed E-state index contributed by atoms with van der Waals surface area (Å²) >= 11 is 0. The van der Waals surface area contributed by atoms with E-state index in [9.17, 15) is 0 Å². The Bertz CT molecular complexity index is 2790. The van der Waals surface area contributed by atoms with Gasteiger partial charge in [0.1, 0.15) is 23.0 Å². The van der Waals surface area contributed by atoms with E-state index < -0.39 is 8.07 Å². The molecule has 0 saturated heterocycles. The van der Waals surface area contributed by atoms with Gasteiger partial charge in [0.15, 0.2) is 0 Å². The molecule has 2 heterocycles. The average molecular weight is 785 g/mol. The van der Waals surface area contributed by atoms with Gasteiger partial charge in [-0.25, -0.2) is 0 Å². The van der Waals surface area contributed by atoms with E-state index in [0.29, 0.717) is 0 Å². The molecule has 2 aromatic heterocycles. The van der Waals surface area contributed by atoms with Gasteiger partial charge in [0.25, 0.3) is 0 Å². The van der Waals surface area contributed by atoms with Gasteiger partial charge in [0.2, 0.25) is 0 Å². The van der Waals surface area contributed by atoms with Crippen LogP contribution in [0.4, 0.5) is 0 Å². The molecule has 0 N–H and O–H groups in total. The lowest BCUT2D eigenvalue weighted by atomic mass is 9.93. The van der Waals surface area contributed by atoms with Crippen molar-refractivity contribution in [1.29, 1.82) is 0 Å². The highest BCUT2D eigenvalue weighted by Gasteiger charge is 2.51. The summed E-state index contributed by atoms with van der Waals surface area (Å²) in [6, 6.07) is 53.8. The van der Waals surface area contributed by atoms with Crippen molar-refractivity contribution >= 4 is 52.9 Å². The molecule has 8 aromatic rings. The summed E-state index contributed by atoms with van der Waals surface area (Å²) in [4.78, 5) is 0. The molecular weight excluding hydrogens is 733 g/mol. The highest BCUT2D eigenvalue weighted by molar-refractivity contribution is 6.84. The van der Waals surface area contributed by atoms with Crippen LogP contribution in [0, 0.1) is 0 Å². The van der Waals surface area contributed by atoms with E-state index in [0.717, 1.165) is 23.0 Å². The Balaban J connectivity index is 1.21. The molecule has 0 spiro atoms. The van der Waals surface area contributed by atoms with Gasteiger partial charge in [-0.15, -0.1) is 0 Å². The lowest BCUT2D eigenvalue weighted by Gasteiger charge is -2.39. The van der Waals surface area contributed by atoms with Gasteiger partial charge in [0, 0.05) is 33.1 Å². The van der Waals surface area contributed by atoms with Gasteiger partial charge in [-0.2, -0.15) is 0 Å². The van der Waals surface area contributed by atoms with Crippen LogP contribution in [-0.2, 0) is 10.8 Å². The number of furan rings is 2. The predicted octanol–water partition coefficient (Wildman–Crippen LogP) is 15.9. The molecule has 0 fully saturated rings. The molecule has 3 heteroatoms. The molecule has 59 heavy (non-hydrogen) atoms. The number of benzene rings is 6. The summed E-state index contributed by atoms with van der Waals surface area (Å²) in [6.07, 6.45) is 4.96. The number of hydrogen-bond donors (Lipinski definition) is 0. The largest absolute Gasteiger partial charge is 0.461 e. The van der Waals surface area contributed by atoms with Gasteiger partial charge in [-0.05, 0) is 102 Å². The Hall–Kier alpha value is -5.90. The first kappa shape index (κ1) is 37.4. The minimum atomic E-state index is -2.52. The van der Waals surface area contributed by atoms with Crippen molar-refractivity contribution in [1.82, 2.24) is 0 Å². The van der Waals surface area contributed by atoms with Crippen LogP contribution in [-0.4, -0.2) is 8.07 Å². The predicted molar refractivity (Wildman–Crippen MR) is 252 cm³/mol. The van der Waals surface area contributed by atoms with Gasteiger partial charge in [-0.3, -0.25) is 0 Å². The van der Waals surface area contributed by atoms with Crippen molar-refractivity contribution in [3.05, 3.63) is 191 Å². The fourth-order valence-corrected chi connectivity index (χ4v) is 14.7. The van der Waals surface area contributed by atoms with Crippen LogP contribution in [0.1, 0.15) is 97.9 Å². The molecule has 0 amide bonds. The quantitative estimate of drug-likeness (QED) is 0.157. The summed E-state index contributed by atoms with van der Waals surface area (Å²) in [6.45, 7) is 18.6. The van der Waals surface area contributed by atoms with E-state index in [1.165, 1.54) is 77.2 Å². The van der Waals surface area contributed by atoms with Crippen molar-refractivity contribution < 1.29 is 8.83 Å². The minimum Gasteiger partial charge on any atom is -0.461 e. The van der Waals surface area contributed by atoms with Gasteiger partial charge in [-0.1, -0.05) is 176 Å². The summed E-state index contributed by atoms with van der Waals surface area (Å²) in [5.41, 5.74) is 13.1. The summed E-state index contributed by atoms with van der Waals surface area (Å²) in [7, 11) is -2.52. The Morgan fingerprint density at radius 2 is 0.780 bits per heavy atom. The third kappa shape index (κ3) is 6.13. The van der Waals surface area contributed by atoms with Crippen LogP contribution in [0.25, 0.3) is 67.1 Å². The zero-order chi connectivity index (χ0) is 40.8. The Kier molecular flexibility index (Phi) is 8.60. The first-order valence-corrected chi connectivity index (χ1v) is 24.3. The van der Waals surface area contributed by atoms with Crippen LogP contribution in [0.15, 0.2) is 154 Å². The van der Waals surface area contributed by atoms with Gasteiger partial charge >= 0.3 is 0 Å². The molecule has 2 aliphatic carbocycles. The molecule has 0 bridgehead atoms. The molecule has 0 aliphatic heterocycles. The third-order valence-corrected chi connectivity index (χ3v) is 17.3. The first-order chi connectivity index (χ1) is 28.3. The Morgan fingerprint density at radius 3 is 1.19 bits per heavy atom. The van der Waals surface area contributed by atoms with E-state index in [-0.39, 0.29) is 21.9 Å². The Morgan fingerprint density at radius 1 is 0.407 bits per heavy atom. The smallest absolute Gasteiger partial charge is 0.130 e. The highest BCUT2D eigenvalue weighted by atomic mass is 28.3. The van der Waals surface area contributed by atoms with E-state index in [4.69, 9.17) is 8.83 Å². The molecule has 10 rings (SSSR count). The maximum atomic E-state index is 6.93. The maximum absolute atomic E-state index is 6.93. The third-order valence-electron chi connectivity index (χ3n) is 13.0. The van der Waals surface area contributed by atoms with Gasteiger partial charge < -0.3 is 8.83 Å². The highest BCUT2D eigenvalue weighted by Crippen LogP contribution is 2.59. The normalized spacial score (nSPS) is 16.7. The second-order valence-corrected chi connectivity index (χ2v) is 24.2. The molecule has 0 saturated carbocycles. The summed E-state index contributed by atoms with van der Waals surface area (Å²) < 4.78 is 13.9. The molecule has 2 aliphatic rings. The second kappa shape index (κ2) is 13.6. The van der Waals surface area contributed by atoms with E-state index >= 15 is 0 Å². The summed E-state index contributed by atoms with van der Waals surface area (Å²) in [5, 5.41) is 5.05. The zero-order valence-corrected chi connectivity index (χ0v) is 36.5. The molecular formula is C56H52O2Si. The van der Waals surface area contributed by atoms with Crippen LogP contribution in [0.2, 0.25) is 13.1 Å². The van der Waals surface area contributed by atoms with Crippen molar-refractivity contribution in [2.24, 2.45) is 0 Å². The maximum Gasteiger partial charge on any atom is 0.130 e. The standard InChI is InChI=1S/C56H52O2Si/c1-55(2,3)51-31-29-49(57-51)47-33-45-41(39-23-13-19-35-17-9-11-21-37(35)39)25-15-27-43(45)53(47)59(7,8)54-44-28-16-26-42(40-24-14-20-36-18-10-12-22-38(36)40)46(44)34-48(54)50-30-32-52(58-50)56(4,5)6/h9-34,53-54H,1-8H3. The number of fused-ring (bicyclic) bond motifs is 4. The Labute approximate surface area is 349 Å². The molecule has 2 unspecified atom stereocenters. The topological polar surface area (TPSA) is 26.3 Å². The number of hydrogen-bond acceptors (Lipinski definition) is 2. The van der Waals surface area contributed by atoms with Crippen LogP contribution < -0.4 is 0 Å². The molecule has 0 radical (unpaired) electrons. The average Bonchev–Trinajstić information content (AvgIpc) is 4.04. The van der Waals surface area contributed by atoms with Crippen molar-refractivity contribution in [2.75, 3.05) is 0 Å². The zero-order valence-electron chi connectivity index (χ0n) is 35.5. The molecule has 292 valence electrons. The monoisotopic (exact) mass is 784 g/mol. The van der Waals surface area contributed by atoms with Crippen molar-refractivity contribution in [2.45, 2.75) is 76.5 Å². The van der Waals surface area contributed by atoms with Crippen molar-refractivity contribution in [3.63, 3.8) is 0 Å². The lowest BCUT2D eigenvalue weighted by molar-refractivity contribution is 0.403. The second-order valence-electron chi connectivity index (χ2n) is 19.4. The van der Waals surface area contributed by atoms with Gasteiger partial charge in [0.05, 0.1) is 8.07 Å². The first-order valence-electron chi connectivity index (χ1n) is 21.2. The fraction of sp³-hybridized carbons (Fsp3) is 0.214. The lowest BCUT2D eigenvalue weighted by Crippen LogP contribution is -2.42. The van der Waals surface area contributed by atoms with Crippen molar-refractivity contribution in [3.8, 4) is 22.3 Å². The van der Waals surface area contributed by atoms with E-state index in [2.05, 4.69) is 212 Å². The van der Waals surface area contributed by atoms with Crippen LogP contribution in [0.5, 0.6) is 0 Å². The van der Waals surface area contributed by atoms with E-state index in [1.807, 2.05) is 0 Å². The number of allylic oxidation sites excluding steroid dienone is 2. The summed E-state index contributed by atoms with van der Waals surface area (Å²) in [5.74, 6) is 3.96. The van der Waals surface area contributed by atoms with Crippen LogP contribution >= 0.6 is 0 Å². The minimum absolute atomic E-state index is 0.108. The SMILES string of the molecule is CC(C)(C)c1ccc(C2=Cc3c(-c4cccc5ccccc45)cccc3C2[Si](C)(C)C2C(c3ccc(C(C)(C)C)o3)=Cc3c(-c4cccc5ccccc45)cccc32)o1. The number of rotatable bonds is 6. The van der Waals surface area contributed by atoms with Crippen LogP contribution in [0.3, 0.4) is 0 Å². The molecule has 6 aromatic carbocycles. The molecule has 2 nitrogen and oxygen atoms in total. The van der Waals surface area contributed by atoms with E-state index in [1.54, 1.807) is 0 Å².